The molecule has 8 rings (SSSR count). The molecule has 0 aliphatic heterocycles. The number of nitrogens with zero attached hydrogens (tertiary/aromatic N) is 6. The highest BCUT2D eigenvalue weighted by molar-refractivity contribution is 6.05. The molecule has 3 heterocycles. The third-order valence-electron chi connectivity index (χ3n) is 10.7. The van der Waals surface area contributed by atoms with Gasteiger partial charge in [0, 0.05) is 67.0 Å². The minimum atomic E-state index is -4.65. The number of carbonyl (C=O) groups excluding carboxylic acids is 1. The van der Waals surface area contributed by atoms with E-state index in [0.29, 0.717) is 17.8 Å². The lowest BCUT2D eigenvalue weighted by Crippen LogP contribution is -2.13. The summed E-state index contributed by atoms with van der Waals surface area (Å²) in [4.78, 5) is 12.3. The molecule has 3 aromatic heterocycles. The molecule has 0 atom stereocenters. The van der Waals surface area contributed by atoms with Crippen LogP contribution >= 0.6 is 0 Å². The van der Waals surface area contributed by atoms with Crippen molar-refractivity contribution in [3.63, 3.8) is 0 Å². The number of amides is 1. The van der Waals surface area contributed by atoms with E-state index in [2.05, 4.69) is 25.9 Å². The highest BCUT2D eigenvalue weighted by atomic mass is 19.4. The molecular weight excluding hydrogens is 997 g/mol. The molecule has 0 saturated heterocycles. The fourth-order valence-corrected chi connectivity index (χ4v) is 7.08. The van der Waals surface area contributed by atoms with Gasteiger partial charge in [-0.2, -0.15) is 54.8 Å². The van der Waals surface area contributed by atoms with Gasteiger partial charge >= 0.3 is 18.5 Å². The number of nitrogen functional groups attached to an aromatic ring is 1. The Morgan fingerprint density at radius 3 is 1.30 bits per heavy atom. The molecule has 73 heavy (non-hydrogen) atoms. The Labute approximate surface area is 405 Å². The van der Waals surface area contributed by atoms with E-state index in [1.54, 1.807) is 26.0 Å². The van der Waals surface area contributed by atoms with Crippen molar-refractivity contribution in [3.8, 4) is 33.8 Å². The minimum Gasteiger partial charge on any atom is -0.399 e. The van der Waals surface area contributed by atoms with E-state index in [4.69, 9.17) is 5.73 Å². The van der Waals surface area contributed by atoms with Gasteiger partial charge in [0.25, 0.3) is 5.91 Å². The number of nitrogens with two attached hydrogens (primary N) is 1. The Morgan fingerprint density at radius 1 is 0.507 bits per heavy atom. The second-order valence-corrected chi connectivity index (χ2v) is 16.1. The maximum atomic E-state index is 14.5. The van der Waals surface area contributed by atoms with Gasteiger partial charge in [-0.3, -0.25) is 18.8 Å². The predicted octanol–water partition coefficient (Wildman–Crippen LogP) is 13.1. The average Bonchev–Trinajstić information content (AvgIpc) is 4.00. The lowest BCUT2D eigenvalue weighted by atomic mass is 10.1. The van der Waals surface area contributed by atoms with Crippen molar-refractivity contribution < 1.29 is 66.3 Å². The number of hydrogen-bond donors (Lipinski definition) is 3. The van der Waals surface area contributed by atoms with E-state index < -0.39 is 64.8 Å². The summed E-state index contributed by atoms with van der Waals surface area (Å²) in [7, 11) is 3.92. The highest BCUT2D eigenvalue weighted by Crippen LogP contribution is 2.36. The molecule has 0 bridgehead atoms. The van der Waals surface area contributed by atoms with Crippen LogP contribution in [0.4, 0.5) is 78.5 Å². The van der Waals surface area contributed by atoms with Crippen LogP contribution in [0.15, 0.2) is 109 Å². The van der Waals surface area contributed by atoms with Crippen molar-refractivity contribution in [1.82, 2.24) is 29.3 Å². The van der Waals surface area contributed by atoms with Crippen LogP contribution < -0.4 is 16.4 Å². The number of carbonyl (C=O) groups is 1. The fraction of sp³-hybridized carbons (Fsp3) is 0.184. The molecule has 0 fully saturated rings. The normalized spacial score (nSPS) is 11.7. The van der Waals surface area contributed by atoms with Crippen LogP contribution in [-0.2, 0) is 46.2 Å². The lowest BCUT2D eigenvalue weighted by molar-refractivity contribution is -0.142. The first kappa shape index (κ1) is 54.2. The summed E-state index contributed by atoms with van der Waals surface area (Å²) in [6.07, 6.45) is -13.8. The van der Waals surface area contributed by atoms with E-state index in [0.717, 1.165) is 61.6 Å². The standard InChI is InChI=1S/C19H14F5N3O.C19H16F5N3.C11H9F4N3/c1-10-7-11(20)3-5-13(10)18(28)25-12-4-6-14(15(21)8-12)16-9-17(19(22,23)24)26-27(16)2;1-11-7-13(20)4-3-12(11)10-25-14-5-6-15(16(21)8-14)17-9-18(19(22,23)24)26-27(17)2;1-18-9(5-10(17-18)11(13,14)15)7-3-2-6(16)4-8(7)12/h3-9H,1-2H3,(H,25,28);3-9,25H,10H2,1-2H3;2-5H,16H2,1H3. The van der Waals surface area contributed by atoms with Crippen molar-refractivity contribution in [2.24, 2.45) is 21.1 Å². The molecule has 8 aromatic rings. The van der Waals surface area contributed by atoms with Crippen molar-refractivity contribution in [3.05, 3.63) is 178 Å². The minimum absolute atomic E-state index is 0.0176. The summed E-state index contributed by atoms with van der Waals surface area (Å²) in [5.74, 6) is -3.57. The summed E-state index contributed by atoms with van der Waals surface area (Å²) in [5, 5.41) is 15.6. The maximum Gasteiger partial charge on any atom is 0.435 e. The van der Waals surface area contributed by atoms with Crippen LogP contribution in [0.1, 0.15) is 44.1 Å². The van der Waals surface area contributed by atoms with Gasteiger partial charge in [-0.05, 0) is 134 Å². The van der Waals surface area contributed by atoms with Gasteiger partial charge in [-0.25, -0.2) is 22.0 Å². The molecule has 10 nitrogen and oxygen atoms in total. The summed E-state index contributed by atoms with van der Waals surface area (Å²) in [6.45, 7) is 3.68. The molecule has 0 aliphatic carbocycles. The number of halogens is 14. The molecule has 24 heteroatoms. The Balaban J connectivity index is 0.000000183. The summed E-state index contributed by atoms with van der Waals surface area (Å²) < 4.78 is 186. The van der Waals surface area contributed by atoms with Crippen molar-refractivity contribution in [1.29, 1.82) is 0 Å². The number of alkyl halides is 9. The Morgan fingerprint density at radius 2 is 0.904 bits per heavy atom. The van der Waals surface area contributed by atoms with E-state index in [1.165, 1.54) is 81.8 Å². The van der Waals surface area contributed by atoms with E-state index in [1.807, 2.05) is 0 Å². The quantitative estimate of drug-likeness (QED) is 0.103. The van der Waals surface area contributed by atoms with Gasteiger partial charge in [-0.1, -0.05) is 6.07 Å². The molecule has 0 radical (unpaired) electrons. The molecule has 0 saturated carbocycles. The highest BCUT2D eigenvalue weighted by Gasteiger charge is 2.37. The smallest absolute Gasteiger partial charge is 0.399 e. The van der Waals surface area contributed by atoms with Crippen LogP contribution in [0.25, 0.3) is 33.8 Å². The number of aryl methyl sites for hydroxylation is 5. The zero-order chi connectivity index (χ0) is 53.9. The third-order valence-corrected chi connectivity index (χ3v) is 10.7. The van der Waals surface area contributed by atoms with E-state index >= 15 is 0 Å². The SMILES string of the molecule is Cc1cc(F)ccc1C(=O)Nc1ccc(-c2cc(C(F)(F)F)nn2C)c(F)c1.Cc1cc(F)ccc1CNc1ccc(-c2cc(C(F)(F)F)nn2C)c(F)c1.Cn1nc(C(F)(F)F)cc1-c1ccc(N)cc1F. The molecule has 0 spiro atoms. The zero-order valence-electron chi connectivity index (χ0n) is 38.6. The van der Waals surface area contributed by atoms with Crippen molar-refractivity contribution in [2.45, 2.75) is 38.9 Å². The average molecular weight is 1040 g/mol. The summed E-state index contributed by atoms with van der Waals surface area (Å²) >= 11 is 0. The largest absolute Gasteiger partial charge is 0.435 e. The molecule has 384 valence electrons. The topological polar surface area (TPSA) is 121 Å². The molecule has 1 amide bonds. The third kappa shape index (κ3) is 13.2. The van der Waals surface area contributed by atoms with Crippen molar-refractivity contribution in [2.75, 3.05) is 16.4 Å². The Hall–Kier alpha value is -8.18. The number of rotatable bonds is 8. The summed E-state index contributed by atoms with van der Waals surface area (Å²) in [5.41, 5.74) is 5.06. The summed E-state index contributed by atoms with van der Waals surface area (Å²) in [6, 6.07) is 21.9. The second-order valence-electron chi connectivity index (χ2n) is 16.1. The molecule has 4 N–H and O–H groups in total. The number of benzene rings is 5. The van der Waals surface area contributed by atoms with Crippen LogP contribution in [0.3, 0.4) is 0 Å². The molecule has 0 unspecified atom stereocenters. The number of nitrogens with one attached hydrogen (secondary N) is 2. The first-order valence-electron chi connectivity index (χ1n) is 21.1. The van der Waals surface area contributed by atoms with E-state index in [-0.39, 0.29) is 56.5 Å². The van der Waals surface area contributed by atoms with Crippen molar-refractivity contribution >= 4 is 23.0 Å². The van der Waals surface area contributed by atoms with Crippen LogP contribution in [0, 0.1) is 42.9 Å². The van der Waals surface area contributed by atoms with Gasteiger partial charge in [0.2, 0.25) is 0 Å². The van der Waals surface area contributed by atoms with Gasteiger partial charge in [0.05, 0.1) is 17.1 Å². The Bertz CT molecular complexity index is 3300. The van der Waals surface area contributed by atoms with Crippen LogP contribution in [-0.4, -0.2) is 35.2 Å². The molecule has 0 aliphatic rings. The zero-order valence-corrected chi connectivity index (χ0v) is 38.6. The second kappa shape index (κ2) is 21.3. The predicted molar refractivity (Wildman–Crippen MR) is 243 cm³/mol. The lowest BCUT2D eigenvalue weighted by Gasteiger charge is -2.11. The maximum absolute atomic E-state index is 14.5. The number of aromatic nitrogens is 6. The first-order valence-corrected chi connectivity index (χ1v) is 21.1. The van der Waals surface area contributed by atoms with E-state index in [9.17, 15) is 66.3 Å². The first-order chi connectivity index (χ1) is 34.0. The number of anilines is 3. The van der Waals surface area contributed by atoms with Gasteiger partial charge in [0.15, 0.2) is 17.1 Å². The van der Waals surface area contributed by atoms with Gasteiger partial charge in [-0.15, -0.1) is 0 Å². The monoisotopic (exact) mass is 1040 g/mol. The van der Waals surface area contributed by atoms with Crippen LogP contribution in [0.2, 0.25) is 0 Å². The Kier molecular flexibility index (Phi) is 15.8. The van der Waals surface area contributed by atoms with Crippen LogP contribution in [0.5, 0.6) is 0 Å². The van der Waals surface area contributed by atoms with Gasteiger partial charge < -0.3 is 16.4 Å². The van der Waals surface area contributed by atoms with Gasteiger partial charge in [0.1, 0.15) is 29.1 Å². The molecular formula is C49H39F14N9O. The molecule has 5 aromatic carbocycles. The fourth-order valence-electron chi connectivity index (χ4n) is 7.08. The number of hydrogen-bond acceptors (Lipinski definition) is 6.